The Morgan fingerprint density at radius 2 is 1.78 bits per heavy atom. The number of methoxy groups -OCH3 is 1. The first-order valence-electron chi connectivity index (χ1n) is 12.1. The average molecular weight is 515 g/mol. The van der Waals surface area contributed by atoms with E-state index >= 15 is 0 Å². The molecule has 0 N–H and O–H groups in total. The molecule has 0 aliphatic heterocycles. The van der Waals surface area contributed by atoms with E-state index in [1.165, 1.54) is 17.4 Å². The van der Waals surface area contributed by atoms with E-state index in [1.807, 2.05) is 67.1 Å². The number of aromatic nitrogens is 3. The summed E-state index contributed by atoms with van der Waals surface area (Å²) in [6, 6.07) is 20.6. The maximum Gasteiger partial charge on any atom is 0.296 e. The van der Waals surface area contributed by atoms with Gasteiger partial charge < -0.3 is 14.2 Å². The minimum absolute atomic E-state index is 0.194. The van der Waals surface area contributed by atoms with Crippen molar-refractivity contribution in [3.05, 3.63) is 93.4 Å². The second kappa shape index (κ2) is 9.75. The number of halogens is 1. The quantitative estimate of drug-likeness (QED) is 0.288. The number of nitrogens with zero attached hydrogens (tertiary/aromatic N) is 4. The highest BCUT2D eigenvalue weighted by Gasteiger charge is 2.27. The van der Waals surface area contributed by atoms with Crippen LogP contribution in [0.2, 0.25) is 5.02 Å². The molecule has 0 aliphatic rings. The van der Waals surface area contributed by atoms with Crippen LogP contribution in [0.15, 0.2) is 71.5 Å². The largest absolute Gasteiger partial charge is 0.495 e. The molecule has 0 radical (unpaired) electrons. The van der Waals surface area contributed by atoms with E-state index in [4.69, 9.17) is 16.3 Å². The van der Waals surface area contributed by atoms with E-state index in [0.717, 1.165) is 23.0 Å². The van der Waals surface area contributed by atoms with Gasteiger partial charge in [0.25, 0.3) is 11.5 Å². The standard InChI is InChI=1S/C29H27ClN4O3/c1-5-18-11-13-19(14-12-18)33(6-2)28(35)26-25-21-9-7-8-10-23(21)32(3)27(25)29(36)34(31-26)20-15-16-24(37-4)22(30)17-20/h7-17H,5-6H2,1-4H3. The third-order valence-electron chi connectivity index (χ3n) is 6.74. The fourth-order valence-electron chi connectivity index (χ4n) is 4.77. The van der Waals surface area contributed by atoms with E-state index in [1.54, 1.807) is 23.1 Å². The van der Waals surface area contributed by atoms with Crippen molar-refractivity contribution in [3.8, 4) is 11.4 Å². The molecule has 0 aliphatic carbocycles. The van der Waals surface area contributed by atoms with E-state index < -0.39 is 0 Å². The van der Waals surface area contributed by atoms with Crippen molar-refractivity contribution in [2.24, 2.45) is 7.05 Å². The van der Waals surface area contributed by atoms with Crippen LogP contribution in [0.1, 0.15) is 29.9 Å². The molecule has 5 rings (SSSR count). The lowest BCUT2D eigenvalue weighted by Crippen LogP contribution is -2.34. The summed E-state index contributed by atoms with van der Waals surface area (Å²) in [5, 5.41) is 6.33. The Bertz CT molecular complexity index is 1700. The summed E-state index contributed by atoms with van der Waals surface area (Å²) < 4.78 is 8.33. The SMILES string of the molecule is CCc1ccc(N(CC)C(=O)c2nn(-c3ccc(OC)c(Cl)c3)c(=O)c3c2c2ccccc2n3C)cc1. The van der Waals surface area contributed by atoms with E-state index in [-0.39, 0.29) is 17.2 Å². The average Bonchev–Trinajstić information content (AvgIpc) is 3.22. The first-order chi connectivity index (χ1) is 17.9. The number of aryl methyl sites for hydroxylation is 2. The number of fused-ring (bicyclic) bond motifs is 3. The first kappa shape index (κ1) is 24.6. The zero-order chi connectivity index (χ0) is 26.3. The van der Waals surface area contributed by atoms with Gasteiger partial charge in [0.05, 0.1) is 17.8 Å². The summed E-state index contributed by atoms with van der Waals surface area (Å²) in [5.41, 5.74) is 3.47. The van der Waals surface area contributed by atoms with Crippen molar-refractivity contribution < 1.29 is 9.53 Å². The number of rotatable bonds is 6. The Kier molecular flexibility index (Phi) is 6.48. The summed E-state index contributed by atoms with van der Waals surface area (Å²) in [6.45, 7) is 4.45. The third-order valence-corrected chi connectivity index (χ3v) is 7.03. The number of hydrogen-bond donors (Lipinski definition) is 0. The van der Waals surface area contributed by atoms with Gasteiger partial charge in [0.15, 0.2) is 5.69 Å². The summed E-state index contributed by atoms with van der Waals surface area (Å²) in [4.78, 5) is 29.7. The fraction of sp³-hybridized carbons (Fsp3) is 0.207. The second-order valence-electron chi connectivity index (χ2n) is 8.75. The Morgan fingerprint density at radius 1 is 1.05 bits per heavy atom. The van der Waals surface area contributed by atoms with Crippen LogP contribution >= 0.6 is 11.6 Å². The van der Waals surface area contributed by atoms with E-state index in [2.05, 4.69) is 12.0 Å². The topological polar surface area (TPSA) is 69.4 Å². The van der Waals surface area contributed by atoms with Gasteiger partial charge in [-0.25, -0.2) is 0 Å². The lowest BCUT2D eigenvalue weighted by Gasteiger charge is -2.22. The molecule has 188 valence electrons. The Hall–Kier alpha value is -4.10. The molecule has 0 saturated carbocycles. The van der Waals surface area contributed by atoms with Crippen molar-refractivity contribution in [3.63, 3.8) is 0 Å². The number of amides is 1. The molecule has 0 unspecified atom stereocenters. The molecular formula is C29H27ClN4O3. The van der Waals surface area contributed by atoms with Gasteiger partial charge in [0.2, 0.25) is 0 Å². The molecule has 0 spiro atoms. The maximum absolute atomic E-state index is 14.2. The number of carbonyl (C=O) groups is 1. The summed E-state index contributed by atoms with van der Waals surface area (Å²) >= 11 is 6.38. The molecule has 3 aromatic carbocycles. The summed E-state index contributed by atoms with van der Waals surface area (Å²) in [6.07, 6.45) is 0.911. The zero-order valence-electron chi connectivity index (χ0n) is 21.2. The van der Waals surface area contributed by atoms with Crippen LogP contribution in [0.25, 0.3) is 27.5 Å². The number of hydrogen-bond acceptors (Lipinski definition) is 4. The van der Waals surface area contributed by atoms with Crippen LogP contribution < -0.4 is 15.2 Å². The third kappa shape index (κ3) is 4.05. The lowest BCUT2D eigenvalue weighted by atomic mass is 10.1. The predicted octanol–water partition coefficient (Wildman–Crippen LogP) is 5.77. The van der Waals surface area contributed by atoms with Crippen LogP contribution in [0, 0.1) is 0 Å². The molecule has 0 atom stereocenters. The highest BCUT2D eigenvalue weighted by molar-refractivity contribution is 6.32. The minimum atomic E-state index is -0.346. The fourth-order valence-corrected chi connectivity index (χ4v) is 5.03. The number of para-hydroxylation sites is 1. The molecule has 2 aromatic heterocycles. The van der Waals surface area contributed by atoms with Gasteiger partial charge in [-0.15, -0.1) is 0 Å². The molecule has 2 heterocycles. The minimum Gasteiger partial charge on any atom is -0.495 e. The summed E-state index contributed by atoms with van der Waals surface area (Å²) in [5.74, 6) is 0.189. The van der Waals surface area contributed by atoms with Gasteiger partial charge >= 0.3 is 0 Å². The monoisotopic (exact) mass is 514 g/mol. The Balaban J connectivity index is 1.80. The summed E-state index contributed by atoms with van der Waals surface area (Å²) in [7, 11) is 3.35. The van der Waals surface area contributed by atoms with Crippen molar-refractivity contribution >= 4 is 45.0 Å². The van der Waals surface area contributed by atoms with Gasteiger partial charge in [0.1, 0.15) is 11.3 Å². The molecule has 8 heteroatoms. The van der Waals surface area contributed by atoms with Crippen LogP contribution in [-0.2, 0) is 13.5 Å². The number of carbonyl (C=O) groups excluding carboxylic acids is 1. The van der Waals surface area contributed by atoms with Gasteiger partial charge in [-0.2, -0.15) is 9.78 Å². The van der Waals surface area contributed by atoms with E-state index in [9.17, 15) is 9.59 Å². The first-order valence-corrected chi connectivity index (χ1v) is 12.5. The zero-order valence-corrected chi connectivity index (χ0v) is 21.9. The van der Waals surface area contributed by atoms with Crippen LogP contribution in [0.5, 0.6) is 5.75 Å². The molecular weight excluding hydrogens is 488 g/mol. The molecule has 1 amide bonds. The molecule has 0 fully saturated rings. The van der Waals surface area contributed by atoms with Crippen molar-refractivity contribution in [2.75, 3.05) is 18.6 Å². The van der Waals surface area contributed by atoms with E-state index in [0.29, 0.717) is 33.9 Å². The maximum atomic E-state index is 14.2. The van der Waals surface area contributed by atoms with Crippen LogP contribution in [0.4, 0.5) is 5.69 Å². The van der Waals surface area contributed by atoms with Gasteiger partial charge in [-0.1, -0.05) is 48.9 Å². The van der Waals surface area contributed by atoms with Crippen molar-refractivity contribution in [1.82, 2.24) is 14.3 Å². The molecule has 0 bridgehead atoms. The highest BCUT2D eigenvalue weighted by Crippen LogP contribution is 2.31. The van der Waals surface area contributed by atoms with Crippen LogP contribution in [0.3, 0.4) is 0 Å². The highest BCUT2D eigenvalue weighted by atomic mass is 35.5. The number of ether oxygens (including phenoxy) is 1. The smallest absolute Gasteiger partial charge is 0.296 e. The predicted molar refractivity (Wildman–Crippen MR) is 149 cm³/mol. The van der Waals surface area contributed by atoms with Crippen molar-refractivity contribution in [2.45, 2.75) is 20.3 Å². The van der Waals surface area contributed by atoms with Gasteiger partial charge in [-0.3, -0.25) is 9.59 Å². The normalized spacial score (nSPS) is 11.3. The molecule has 5 aromatic rings. The van der Waals surface area contributed by atoms with Crippen molar-refractivity contribution in [1.29, 1.82) is 0 Å². The number of anilines is 1. The molecule has 0 saturated heterocycles. The number of benzene rings is 3. The Morgan fingerprint density at radius 3 is 2.43 bits per heavy atom. The van der Waals surface area contributed by atoms with Gasteiger partial charge in [0, 0.05) is 35.6 Å². The Labute approximate surface area is 219 Å². The lowest BCUT2D eigenvalue weighted by molar-refractivity contribution is 0.0983. The van der Waals surface area contributed by atoms with Gasteiger partial charge in [-0.05, 0) is 55.3 Å². The van der Waals surface area contributed by atoms with Crippen LogP contribution in [-0.4, -0.2) is 33.9 Å². The molecule has 7 nitrogen and oxygen atoms in total. The second-order valence-corrected chi connectivity index (χ2v) is 9.16. The molecule has 37 heavy (non-hydrogen) atoms.